The van der Waals surface area contributed by atoms with Gasteiger partial charge in [-0.2, -0.15) is 0 Å². The Morgan fingerprint density at radius 1 is 1.00 bits per heavy atom. The quantitative estimate of drug-likeness (QED) is 0.814. The molecule has 0 aliphatic carbocycles. The minimum atomic E-state index is -0.529. The van der Waals surface area contributed by atoms with E-state index in [2.05, 4.69) is 12.2 Å². The third-order valence-corrected chi connectivity index (χ3v) is 3.85. The smallest absolute Gasteiger partial charge is 0.265 e. The highest BCUT2D eigenvalue weighted by molar-refractivity contribution is 5.94. The van der Waals surface area contributed by atoms with Crippen molar-refractivity contribution in [2.24, 2.45) is 0 Å². The van der Waals surface area contributed by atoms with Crippen LogP contribution in [0.15, 0.2) is 42.5 Å². The maximum Gasteiger partial charge on any atom is 0.265 e. The zero-order chi connectivity index (χ0) is 17.5. The largest absolute Gasteiger partial charge is 0.494 e. The van der Waals surface area contributed by atoms with Gasteiger partial charge in [0.15, 0.2) is 6.10 Å². The Labute approximate surface area is 143 Å². The molecule has 1 atom stereocenters. The van der Waals surface area contributed by atoms with E-state index < -0.39 is 6.10 Å². The van der Waals surface area contributed by atoms with Gasteiger partial charge in [-0.25, -0.2) is 0 Å². The SMILES string of the molecule is CCOc1ccc(NC(=O)[C@H](CC)Oc2ccc(C)c(C)c2)cc1. The minimum absolute atomic E-state index is 0.153. The average molecular weight is 327 g/mol. The van der Waals surface area contributed by atoms with Crippen LogP contribution in [0.5, 0.6) is 11.5 Å². The van der Waals surface area contributed by atoms with E-state index in [-0.39, 0.29) is 5.91 Å². The Balaban J connectivity index is 2.01. The van der Waals surface area contributed by atoms with Gasteiger partial charge in [0.05, 0.1) is 6.61 Å². The summed E-state index contributed by atoms with van der Waals surface area (Å²) in [6.07, 6.45) is 0.0640. The molecule has 128 valence electrons. The third-order valence-electron chi connectivity index (χ3n) is 3.85. The van der Waals surface area contributed by atoms with Crippen molar-refractivity contribution < 1.29 is 14.3 Å². The number of amides is 1. The van der Waals surface area contributed by atoms with E-state index >= 15 is 0 Å². The lowest BCUT2D eigenvalue weighted by molar-refractivity contribution is -0.122. The summed E-state index contributed by atoms with van der Waals surface area (Å²) < 4.78 is 11.3. The first kappa shape index (κ1) is 17.9. The maximum atomic E-state index is 12.4. The lowest BCUT2D eigenvalue weighted by Gasteiger charge is -2.18. The van der Waals surface area contributed by atoms with Crippen LogP contribution in [0.1, 0.15) is 31.4 Å². The summed E-state index contributed by atoms with van der Waals surface area (Å²) in [7, 11) is 0. The highest BCUT2D eigenvalue weighted by Crippen LogP contribution is 2.20. The number of carbonyl (C=O) groups excluding carboxylic acids is 1. The second kappa shape index (κ2) is 8.39. The second-order valence-electron chi connectivity index (χ2n) is 5.71. The number of hydrogen-bond acceptors (Lipinski definition) is 3. The topological polar surface area (TPSA) is 47.6 Å². The Morgan fingerprint density at radius 3 is 2.25 bits per heavy atom. The van der Waals surface area contributed by atoms with E-state index in [1.165, 1.54) is 5.56 Å². The third kappa shape index (κ3) is 4.75. The zero-order valence-electron chi connectivity index (χ0n) is 14.8. The molecule has 2 rings (SSSR count). The second-order valence-corrected chi connectivity index (χ2v) is 5.71. The zero-order valence-corrected chi connectivity index (χ0v) is 14.8. The molecule has 0 heterocycles. The van der Waals surface area contributed by atoms with Crippen LogP contribution >= 0.6 is 0 Å². The summed E-state index contributed by atoms with van der Waals surface area (Å²) >= 11 is 0. The van der Waals surface area contributed by atoms with Crippen molar-refractivity contribution in [2.75, 3.05) is 11.9 Å². The van der Waals surface area contributed by atoms with Crippen molar-refractivity contribution in [2.45, 2.75) is 40.2 Å². The summed E-state index contributed by atoms with van der Waals surface area (Å²) in [5.41, 5.74) is 3.08. The molecule has 0 aliphatic rings. The molecule has 0 aliphatic heterocycles. The molecule has 0 radical (unpaired) electrons. The minimum Gasteiger partial charge on any atom is -0.494 e. The van der Waals surface area contributed by atoms with Crippen molar-refractivity contribution in [3.63, 3.8) is 0 Å². The monoisotopic (exact) mass is 327 g/mol. The Morgan fingerprint density at radius 2 is 1.67 bits per heavy atom. The Kier molecular flexibility index (Phi) is 6.24. The van der Waals surface area contributed by atoms with E-state index in [1.807, 2.05) is 63.2 Å². The summed E-state index contributed by atoms with van der Waals surface area (Å²) in [6.45, 7) is 8.57. The number of nitrogens with one attached hydrogen (secondary N) is 1. The molecule has 2 aromatic carbocycles. The molecule has 1 amide bonds. The summed E-state index contributed by atoms with van der Waals surface area (Å²) in [4.78, 5) is 12.4. The lowest BCUT2D eigenvalue weighted by atomic mass is 10.1. The molecule has 0 unspecified atom stereocenters. The first-order valence-electron chi connectivity index (χ1n) is 8.31. The first-order valence-corrected chi connectivity index (χ1v) is 8.31. The molecule has 4 nitrogen and oxygen atoms in total. The molecule has 0 saturated heterocycles. The number of benzene rings is 2. The predicted molar refractivity (Wildman–Crippen MR) is 96.9 cm³/mol. The van der Waals surface area contributed by atoms with Gasteiger partial charge in [0.1, 0.15) is 11.5 Å². The van der Waals surface area contributed by atoms with Crippen LogP contribution in [0.25, 0.3) is 0 Å². The van der Waals surface area contributed by atoms with Gasteiger partial charge in [0, 0.05) is 5.69 Å². The van der Waals surface area contributed by atoms with Crippen LogP contribution in [-0.4, -0.2) is 18.6 Å². The van der Waals surface area contributed by atoms with Gasteiger partial charge in [0.25, 0.3) is 5.91 Å². The van der Waals surface area contributed by atoms with Crippen molar-refractivity contribution in [1.82, 2.24) is 0 Å². The molecule has 0 saturated carbocycles. The number of carbonyl (C=O) groups is 1. The average Bonchev–Trinajstić information content (AvgIpc) is 2.57. The molecule has 0 fully saturated rings. The van der Waals surface area contributed by atoms with Crippen LogP contribution in [0.4, 0.5) is 5.69 Å². The summed E-state index contributed by atoms with van der Waals surface area (Å²) in [5.74, 6) is 1.35. The maximum absolute atomic E-state index is 12.4. The summed E-state index contributed by atoms with van der Waals surface area (Å²) in [5, 5.41) is 2.89. The fraction of sp³-hybridized carbons (Fsp3) is 0.350. The fourth-order valence-corrected chi connectivity index (χ4v) is 2.30. The van der Waals surface area contributed by atoms with Crippen LogP contribution in [0.2, 0.25) is 0 Å². The van der Waals surface area contributed by atoms with E-state index in [0.717, 1.165) is 17.0 Å². The molecular formula is C20H25NO3. The molecule has 2 aromatic rings. The number of aryl methyl sites for hydroxylation is 2. The standard InChI is InChI=1S/C20H25NO3/c1-5-19(24-18-10-7-14(3)15(4)13-18)20(22)21-16-8-11-17(12-9-16)23-6-2/h7-13,19H,5-6H2,1-4H3,(H,21,22)/t19-/m0/s1. The van der Waals surface area contributed by atoms with E-state index in [1.54, 1.807) is 0 Å². The molecular weight excluding hydrogens is 302 g/mol. The highest BCUT2D eigenvalue weighted by Gasteiger charge is 2.18. The molecule has 1 N–H and O–H groups in total. The Hall–Kier alpha value is -2.49. The van der Waals surface area contributed by atoms with Gasteiger partial charge in [-0.3, -0.25) is 4.79 Å². The molecule has 24 heavy (non-hydrogen) atoms. The van der Waals surface area contributed by atoms with Crippen molar-refractivity contribution in [3.05, 3.63) is 53.6 Å². The number of rotatable bonds is 7. The van der Waals surface area contributed by atoms with E-state index in [0.29, 0.717) is 18.8 Å². The van der Waals surface area contributed by atoms with Gasteiger partial charge in [-0.05, 0) is 74.7 Å². The van der Waals surface area contributed by atoms with E-state index in [9.17, 15) is 4.79 Å². The van der Waals surface area contributed by atoms with E-state index in [4.69, 9.17) is 9.47 Å². The van der Waals surface area contributed by atoms with Crippen LogP contribution in [0.3, 0.4) is 0 Å². The van der Waals surface area contributed by atoms with Crippen molar-refractivity contribution in [3.8, 4) is 11.5 Å². The Bertz CT molecular complexity index is 680. The van der Waals surface area contributed by atoms with Gasteiger partial charge in [0.2, 0.25) is 0 Å². The number of anilines is 1. The van der Waals surface area contributed by atoms with Crippen molar-refractivity contribution >= 4 is 11.6 Å². The van der Waals surface area contributed by atoms with Gasteiger partial charge < -0.3 is 14.8 Å². The molecule has 0 aromatic heterocycles. The van der Waals surface area contributed by atoms with Crippen LogP contribution in [0, 0.1) is 13.8 Å². The summed E-state index contributed by atoms with van der Waals surface area (Å²) in [6, 6.07) is 13.2. The van der Waals surface area contributed by atoms with Crippen LogP contribution < -0.4 is 14.8 Å². The van der Waals surface area contributed by atoms with Gasteiger partial charge in [-0.1, -0.05) is 13.0 Å². The fourth-order valence-electron chi connectivity index (χ4n) is 2.30. The number of ether oxygens (including phenoxy) is 2. The van der Waals surface area contributed by atoms with Gasteiger partial charge in [-0.15, -0.1) is 0 Å². The first-order chi connectivity index (χ1) is 11.5. The van der Waals surface area contributed by atoms with Gasteiger partial charge >= 0.3 is 0 Å². The predicted octanol–water partition coefficient (Wildman–Crippen LogP) is 4.50. The lowest BCUT2D eigenvalue weighted by Crippen LogP contribution is -2.32. The molecule has 0 spiro atoms. The molecule has 4 heteroatoms. The molecule has 0 bridgehead atoms. The van der Waals surface area contributed by atoms with Crippen molar-refractivity contribution in [1.29, 1.82) is 0 Å². The highest BCUT2D eigenvalue weighted by atomic mass is 16.5. The normalized spacial score (nSPS) is 11.7. The number of hydrogen-bond donors (Lipinski definition) is 1. The van der Waals surface area contributed by atoms with Crippen LogP contribution in [-0.2, 0) is 4.79 Å².